The quantitative estimate of drug-likeness (QED) is 0.310. The van der Waals surface area contributed by atoms with E-state index in [2.05, 4.69) is 13.8 Å². The number of rotatable bonds is 11. The average molecular weight is 379 g/mol. The minimum absolute atomic E-state index is 0.208. The summed E-state index contributed by atoms with van der Waals surface area (Å²) in [6.07, 6.45) is 4.96. The van der Waals surface area contributed by atoms with Crippen molar-refractivity contribution in [2.75, 3.05) is 19.8 Å². The van der Waals surface area contributed by atoms with E-state index in [9.17, 15) is 4.79 Å². The Morgan fingerprint density at radius 2 is 1.59 bits per heavy atom. The molecule has 1 unspecified atom stereocenters. The summed E-state index contributed by atoms with van der Waals surface area (Å²) in [6.45, 7) is 11.8. The molecule has 2 rings (SSSR count). The first-order valence-electron chi connectivity index (χ1n) is 10.1. The van der Waals surface area contributed by atoms with E-state index >= 15 is 0 Å². The lowest BCUT2D eigenvalue weighted by molar-refractivity contribution is 0.00685. The minimum Gasteiger partial charge on any atom is -0.493 e. The van der Waals surface area contributed by atoms with Gasteiger partial charge in [0.25, 0.3) is 0 Å². The highest BCUT2D eigenvalue weighted by molar-refractivity contribution is 5.91. The molecule has 5 nitrogen and oxygen atoms in total. The van der Waals surface area contributed by atoms with Gasteiger partial charge in [0.15, 0.2) is 0 Å². The largest absolute Gasteiger partial charge is 0.493 e. The van der Waals surface area contributed by atoms with E-state index in [-0.39, 0.29) is 12.1 Å². The molecule has 1 saturated heterocycles. The minimum atomic E-state index is -0.552. The highest BCUT2D eigenvalue weighted by atomic mass is 16.6. The summed E-state index contributed by atoms with van der Waals surface area (Å²) in [5.74, 6) is 1.04. The molecule has 0 radical (unpaired) electrons. The summed E-state index contributed by atoms with van der Waals surface area (Å²) in [4.78, 5) is 12.6. The van der Waals surface area contributed by atoms with Crippen LogP contribution in [0.5, 0.6) is 11.5 Å². The van der Waals surface area contributed by atoms with Crippen LogP contribution >= 0.6 is 0 Å². The molecule has 1 aromatic rings. The fourth-order valence-corrected chi connectivity index (χ4v) is 2.60. The van der Waals surface area contributed by atoms with E-state index in [1.807, 2.05) is 20.8 Å². The van der Waals surface area contributed by atoms with E-state index in [1.165, 1.54) is 0 Å². The summed E-state index contributed by atoms with van der Waals surface area (Å²) in [6, 6.07) is 3.57. The summed E-state index contributed by atoms with van der Waals surface area (Å²) in [7, 11) is 0. The lowest BCUT2D eigenvalue weighted by Gasteiger charge is -2.21. The molecule has 0 spiro atoms. The number of ether oxygens (including phenoxy) is 4. The Hall–Kier alpha value is -1.75. The average Bonchev–Trinajstić information content (AvgIpc) is 3.40. The van der Waals surface area contributed by atoms with Gasteiger partial charge < -0.3 is 18.9 Å². The maximum absolute atomic E-state index is 12.6. The molecule has 0 amide bonds. The molecule has 0 aromatic heterocycles. The van der Waals surface area contributed by atoms with Crippen molar-refractivity contribution in [1.82, 2.24) is 0 Å². The van der Waals surface area contributed by atoms with Crippen LogP contribution in [0.3, 0.4) is 0 Å². The Bertz CT molecular complexity index is 583. The Morgan fingerprint density at radius 3 is 2.00 bits per heavy atom. The molecular weight excluding hydrogens is 344 g/mol. The first kappa shape index (κ1) is 21.5. The highest BCUT2D eigenvalue weighted by Crippen LogP contribution is 2.35. The lowest BCUT2D eigenvalue weighted by Crippen LogP contribution is -2.24. The molecule has 0 bridgehead atoms. The van der Waals surface area contributed by atoms with Gasteiger partial charge in [-0.3, -0.25) is 0 Å². The molecule has 1 fully saturated rings. The van der Waals surface area contributed by atoms with Crippen LogP contribution in [0.25, 0.3) is 0 Å². The molecule has 0 N–H and O–H groups in total. The summed E-state index contributed by atoms with van der Waals surface area (Å²) in [5.41, 5.74) is 0.893. The van der Waals surface area contributed by atoms with Gasteiger partial charge >= 0.3 is 5.97 Å². The van der Waals surface area contributed by atoms with Crippen molar-refractivity contribution in [2.24, 2.45) is 0 Å². The summed E-state index contributed by atoms with van der Waals surface area (Å²) < 4.78 is 23.0. The highest BCUT2D eigenvalue weighted by Gasteiger charge is 2.28. The fraction of sp³-hybridized carbons (Fsp3) is 0.682. The maximum Gasteiger partial charge on any atom is 0.338 e. The van der Waals surface area contributed by atoms with Gasteiger partial charge in [0.2, 0.25) is 0 Å². The van der Waals surface area contributed by atoms with Crippen LogP contribution in [0.15, 0.2) is 12.1 Å². The number of epoxide rings is 1. The zero-order chi connectivity index (χ0) is 19.9. The van der Waals surface area contributed by atoms with Gasteiger partial charge in [-0.25, -0.2) is 4.79 Å². The predicted molar refractivity (Wildman–Crippen MR) is 106 cm³/mol. The van der Waals surface area contributed by atoms with E-state index in [1.54, 1.807) is 12.1 Å². The van der Waals surface area contributed by atoms with Crippen LogP contribution in [0, 0.1) is 0 Å². The van der Waals surface area contributed by atoms with E-state index in [4.69, 9.17) is 18.9 Å². The predicted octanol–water partition coefficient (Wildman–Crippen LogP) is 4.94. The Morgan fingerprint density at radius 1 is 1.07 bits per heavy atom. The van der Waals surface area contributed by atoms with Crippen molar-refractivity contribution < 1.29 is 23.7 Å². The van der Waals surface area contributed by atoms with Gasteiger partial charge in [-0.2, -0.15) is 0 Å². The van der Waals surface area contributed by atoms with Crippen LogP contribution in [0.4, 0.5) is 0 Å². The topological polar surface area (TPSA) is 57.3 Å². The van der Waals surface area contributed by atoms with Gasteiger partial charge in [0, 0.05) is 12.0 Å². The van der Waals surface area contributed by atoms with Crippen LogP contribution in [0.1, 0.15) is 76.2 Å². The van der Waals surface area contributed by atoms with Crippen LogP contribution in [0.2, 0.25) is 0 Å². The summed E-state index contributed by atoms with van der Waals surface area (Å²) in [5, 5.41) is 0. The second-order valence-corrected chi connectivity index (χ2v) is 8.02. The molecule has 5 heteroatoms. The number of hydrogen-bond acceptors (Lipinski definition) is 5. The van der Waals surface area contributed by atoms with E-state index in [0.29, 0.717) is 30.3 Å². The molecule has 152 valence electrons. The maximum atomic E-state index is 12.6. The number of hydrogen-bond donors (Lipinski definition) is 0. The number of carbonyl (C=O) groups is 1. The second-order valence-electron chi connectivity index (χ2n) is 8.02. The van der Waals surface area contributed by atoms with Crippen molar-refractivity contribution in [3.63, 3.8) is 0 Å². The molecule has 0 saturated carbocycles. The SMILES string of the molecule is CCCCOc1cc(C(=O)OC(C)(C)C)cc(OCCCC)c1CC1CO1. The van der Waals surface area contributed by atoms with Gasteiger partial charge in [-0.05, 0) is 45.7 Å². The summed E-state index contributed by atoms with van der Waals surface area (Å²) >= 11 is 0. The number of benzene rings is 1. The smallest absolute Gasteiger partial charge is 0.338 e. The van der Waals surface area contributed by atoms with E-state index in [0.717, 1.165) is 44.3 Å². The van der Waals surface area contributed by atoms with Gasteiger partial charge in [0.05, 0.1) is 31.5 Å². The molecule has 1 aromatic carbocycles. The Kier molecular flexibility index (Phi) is 7.96. The van der Waals surface area contributed by atoms with Crippen molar-refractivity contribution in [3.05, 3.63) is 23.3 Å². The van der Waals surface area contributed by atoms with Crippen molar-refractivity contribution in [1.29, 1.82) is 0 Å². The van der Waals surface area contributed by atoms with Crippen LogP contribution < -0.4 is 9.47 Å². The van der Waals surface area contributed by atoms with Crippen LogP contribution in [-0.2, 0) is 15.9 Å². The van der Waals surface area contributed by atoms with Gasteiger partial charge in [0.1, 0.15) is 17.1 Å². The fourth-order valence-electron chi connectivity index (χ4n) is 2.60. The van der Waals surface area contributed by atoms with Crippen molar-refractivity contribution >= 4 is 5.97 Å². The van der Waals surface area contributed by atoms with Gasteiger partial charge in [-0.15, -0.1) is 0 Å². The third-order valence-corrected chi connectivity index (χ3v) is 4.15. The zero-order valence-corrected chi connectivity index (χ0v) is 17.4. The molecular formula is C22H34O5. The number of unbranched alkanes of at least 4 members (excludes halogenated alkanes) is 2. The molecule has 1 aliphatic rings. The monoisotopic (exact) mass is 378 g/mol. The third-order valence-electron chi connectivity index (χ3n) is 4.15. The zero-order valence-electron chi connectivity index (χ0n) is 17.4. The standard InChI is InChI=1S/C22H34O5/c1-6-8-10-24-19-12-16(21(23)27-22(3,4)5)13-20(25-11-9-7-2)18(19)14-17-15-26-17/h12-13,17H,6-11,14-15H2,1-5H3. The van der Waals surface area contributed by atoms with Crippen molar-refractivity contribution in [2.45, 2.75) is 78.4 Å². The molecule has 0 aliphatic carbocycles. The molecule has 27 heavy (non-hydrogen) atoms. The number of esters is 1. The molecule has 1 heterocycles. The third kappa shape index (κ3) is 7.41. The Balaban J connectivity index is 2.33. The second kappa shape index (κ2) is 9.98. The molecule has 1 atom stereocenters. The molecule has 1 aliphatic heterocycles. The van der Waals surface area contributed by atoms with Crippen LogP contribution in [-0.4, -0.2) is 37.5 Å². The Labute approximate surface area is 163 Å². The first-order chi connectivity index (χ1) is 12.8. The van der Waals surface area contributed by atoms with Gasteiger partial charge in [-0.1, -0.05) is 26.7 Å². The van der Waals surface area contributed by atoms with E-state index < -0.39 is 5.60 Å². The number of carbonyl (C=O) groups excluding carboxylic acids is 1. The normalized spacial score (nSPS) is 16.1. The lowest BCUT2D eigenvalue weighted by atomic mass is 10.0. The first-order valence-corrected chi connectivity index (χ1v) is 10.1. The van der Waals surface area contributed by atoms with Crippen molar-refractivity contribution in [3.8, 4) is 11.5 Å².